The summed E-state index contributed by atoms with van der Waals surface area (Å²) in [5.41, 5.74) is 1.84. The number of pyridine rings is 1. The lowest BCUT2D eigenvalue weighted by Crippen LogP contribution is -2.19. The molecule has 4 heteroatoms. The molecule has 2 aromatic heterocycles. The van der Waals surface area contributed by atoms with E-state index in [1.807, 2.05) is 6.07 Å². The molecular weight excluding hydrogens is 238 g/mol. The average molecular weight is 259 g/mol. The number of aromatic amines is 1. The Morgan fingerprint density at radius 1 is 1.42 bits per heavy atom. The molecule has 3 rings (SSSR count). The van der Waals surface area contributed by atoms with Gasteiger partial charge in [0, 0.05) is 11.5 Å². The quantitative estimate of drug-likeness (QED) is 0.917. The van der Waals surface area contributed by atoms with Crippen LogP contribution in [-0.4, -0.2) is 14.6 Å². The fourth-order valence-corrected chi connectivity index (χ4v) is 2.29. The third-order valence-electron chi connectivity index (χ3n) is 4.26. The molecule has 1 N–H and O–H groups in total. The van der Waals surface area contributed by atoms with Gasteiger partial charge in [0.15, 0.2) is 5.65 Å². The molecule has 102 valence electrons. The number of H-pyrrole nitrogens is 1. The molecule has 2 aromatic rings. The van der Waals surface area contributed by atoms with Crippen LogP contribution < -0.4 is 5.56 Å². The summed E-state index contributed by atoms with van der Waals surface area (Å²) in [6.45, 7) is 6.41. The molecule has 1 aliphatic rings. The van der Waals surface area contributed by atoms with E-state index in [0.717, 1.165) is 35.8 Å². The lowest BCUT2D eigenvalue weighted by atomic mass is 9.90. The second kappa shape index (κ2) is 4.22. The van der Waals surface area contributed by atoms with Crippen molar-refractivity contribution in [1.29, 1.82) is 0 Å². The Balaban J connectivity index is 2.06. The van der Waals surface area contributed by atoms with Crippen LogP contribution in [0.4, 0.5) is 0 Å². The SMILES string of the molecule is CCC(C)(C)c1nc2cc(CC3CC3)cc(=O)n2[nH]1. The zero-order valence-electron chi connectivity index (χ0n) is 11.9. The van der Waals surface area contributed by atoms with Gasteiger partial charge in [0.25, 0.3) is 5.56 Å². The van der Waals surface area contributed by atoms with E-state index in [2.05, 4.69) is 30.9 Å². The van der Waals surface area contributed by atoms with Crippen molar-refractivity contribution in [1.82, 2.24) is 14.6 Å². The van der Waals surface area contributed by atoms with Gasteiger partial charge >= 0.3 is 0 Å². The van der Waals surface area contributed by atoms with E-state index >= 15 is 0 Å². The normalized spacial score (nSPS) is 16.2. The van der Waals surface area contributed by atoms with E-state index in [4.69, 9.17) is 0 Å². The minimum atomic E-state index is -0.0326. The molecule has 0 unspecified atom stereocenters. The first-order valence-electron chi connectivity index (χ1n) is 7.12. The van der Waals surface area contributed by atoms with Crippen molar-refractivity contribution in [2.75, 3.05) is 0 Å². The van der Waals surface area contributed by atoms with Gasteiger partial charge in [-0.1, -0.05) is 20.8 Å². The number of hydrogen-bond acceptors (Lipinski definition) is 2. The van der Waals surface area contributed by atoms with Crippen LogP contribution in [0, 0.1) is 5.92 Å². The van der Waals surface area contributed by atoms with E-state index in [1.165, 1.54) is 12.8 Å². The summed E-state index contributed by atoms with van der Waals surface area (Å²) >= 11 is 0. The van der Waals surface area contributed by atoms with Crippen LogP contribution in [0.3, 0.4) is 0 Å². The number of hydrogen-bond donors (Lipinski definition) is 1. The summed E-state index contributed by atoms with van der Waals surface area (Å²) in [7, 11) is 0. The first-order valence-corrected chi connectivity index (χ1v) is 7.12. The molecular formula is C15H21N3O. The maximum atomic E-state index is 12.1. The highest BCUT2D eigenvalue weighted by molar-refractivity contribution is 5.41. The van der Waals surface area contributed by atoms with Crippen LogP contribution in [0.15, 0.2) is 16.9 Å². The van der Waals surface area contributed by atoms with Gasteiger partial charge in [-0.15, -0.1) is 0 Å². The van der Waals surface area contributed by atoms with Crippen LogP contribution in [0.25, 0.3) is 5.65 Å². The second-order valence-corrected chi connectivity index (χ2v) is 6.35. The smallest absolute Gasteiger partial charge is 0.271 e. The van der Waals surface area contributed by atoms with Crippen molar-refractivity contribution in [2.24, 2.45) is 5.92 Å². The Bertz CT molecular complexity index is 662. The predicted octanol–water partition coefficient (Wildman–Crippen LogP) is 2.66. The maximum absolute atomic E-state index is 12.1. The summed E-state index contributed by atoms with van der Waals surface area (Å²) in [5, 5.41) is 3.14. The van der Waals surface area contributed by atoms with E-state index in [0.29, 0.717) is 0 Å². The molecule has 0 amide bonds. The van der Waals surface area contributed by atoms with Gasteiger partial charge < -0.3 is 0 Å². The lowest BCUT2D eigenvalue weighted by Gasteiger charge is -2.18. The summed E-state index contributed by atoms with van der Waals surface area (Å²) in [5.74, 6) is 1.67. The molecule has 0 aromatic carbocycles. The van der Waals surface area contributed by atoms with Gasteiger partial charge in [-0.25, -0.2) is 9.50 Å². The molecule has 0 atom stereocenters. The minimum Gasteiger partial charge on any atom is -0.276 e. The van der Waals surface area contributed by atoms with E-state index in [1.54, 1.807) is 10.6 Å². The molecule has 1 saturated carbocycles. The second-order valence-electron chi connectivity index (χ2n) is 6.35. The van der Waals surface area contributed by atoms with Gasteiger partial charge in [-0.2, -0.15) is 0 Å². The molecule has 1 fully saturated rings. The highest BCUT2D eigenvalue weighted by atomic mass is 16.1. The highest BCUT2D eigenvalue weighted by Gasteiger charge is 2.24. The van der Waals surface area contributed by atoms with Crippen molar-refractivity contribution in [3.05, 3.63) is 33.9 Å². The van der Waals surface area contributed by atoms with Crippen LogP contribution in [0.2, 0.25) is 0 Å². The average Bonchev–Trinajstić information content (AvgIpc) is 3.05. The predicted molar refractivity (Wildman–Crippen MR) is 75.6 cm³/mol. The number of aromatic nitrogens is 3. The molecule has 0 spiro atoms. The molecule has 1 aliphatic carbocycles. The summed E-state index contributed by atoms with van der Waals surface area (Å²) in [6, 6.07) is 3.79. The fourth-order valence-electron chi connectivity index (χ4n) is 2.29. The van der Waals surface area contributed by atoms with Crippen molar-refractivity contribution >= 4 is 5.65 Å². The topological polar surface area (TPSA) is 50.2 Å². The first-order chi connectivity index (χ1) is 8.99. The Morgan fingerprint density at radius 3 is 2.79 bits per heavy atom. The van der Waals surface area contributed by atoms with Crippen molar-refractivity contribution in [3.63, 3.8) is 0 Å². The van der Waals surface area contributed by atoms with Crippen molar-refractivity contribution in [3.8, 4) is 0 Å². The van der Waals surface area contributed by atoms with Crippen molar-refractivity contribution < 1.29 is 0 Å². The number of nitrogens with one attached hydrogen (secondary N) is 1. The summed E-state index contributed by atoms with van der Waals surface area (Å²) in [6.07, 6.45) is 4.60. The molecule has 2 heterocycles. The third-order valence-corrected chi connectivity index (χ3v) is 4.26. The van der Waals surface area contributed by atoms with E-state index in [-0.39, 0.29) is 11.0 Å². The van der Waals surface area contributed by atoms with Crippen LogP contribution in [-0.2, 0) is 11.8 Å². The van der Waals surface area contributed by atoms with Gasteiger partial charge in [0.05, 0.1) is 0 Å². The first kappa shape index (κ1) is 12.5. The number of nitrogens with zero attached hydrogens (tertiary/aromatic N) is 2. The zero-order chi connectivity index (χ0) is 13.6. The standard InChI is InChI=1S/C15H21N3O/c1-4-15(2,3)14-16-12-8-11(7-10-5-6-10)9-13(19)18(12)17-14/h8-10H,4-7H2,1-3H3,(H,16,17). The monoisotopic (exact) mass is 259 g/mol. The summed E-state index contributed by atoms with van der Waals surface area (Å²) < 4.78 is 1.56. The molecule has 19 heavy (non-hydrogen) atoms. The highest BCUT2D eigenvalue weighted by Crippen LogP contribution is 2.32. The van der Waals surface area contributed by atoms with Gasteiger partial charge in [-0.05, 0) is 43.2 Å². The molecule has 0 saturated heterocycles. The molecule has 4 nitrogen and oxygen atoms in total. The van der Waals surface area contributed by atoms with Gasteiger partial charge in [0.2, 0.25) is 0 Å². The van der Waals surface area contributed by atoms with Crippen LogP contribution in [0.5, 0.6) is 0 Å². The molecule has 0 bridgehead atoms. The summed E-state index contributed by atoms with van der Waals surface area (Å²) in [4.78, 5) is 16.7. The zero-order valence-corrected chi connectivity index (χ0v) is 11.9. The van der Waals surface area contributed by atoms with E-state index in [9.17, 15) is 4.79 Å². The number of rotatable bonds is 4. The third kappa shape index (κ3) is 2.31. The molecule has 0 radical (unpaired) electrons. The minimum absolute atomic E-state index is 0.00111. The Morgan fingerprint density at radius 2 is 2.16 bits per heavy atom. The van der Waals surface area contributed by atoms with Crippen LogP contribution >= 0.6 is 0 Å². The Hall–Kier alpha value is -1.58. The number of fused-ring (bicyclic) bond motifs is 1. The maximum Gasteiger partial charge on any atom is 0.271 e. The largest absolute Gasteiger partial charge is 0.276 e. The van der Waals surface area contributed by atoms with Crippen molar-refractivity contribution in [2.45, 2.75) is 51.9 Å². The van der Waals surface area contributed by atoms with Gasteiger partial charge in [-0.3, -0.25) is 9.89 Å². The molecule has 0 aliphatic heterocycles. The van der Waals surface area contributed by atoms with E-state index < -0.39 is 0 Å². The lowest BCUT2D eigenvalue weighted by molar-refractivity contribution is 0.472. The van der Waals surface area contributed by atoms with Gasteiger partial charge in [0.1, 0.15) is 5.82 Å². The Kier molecular flexibility index (Phi) is 2.77. The Labute approximate surface area is 112 Å². The van der Waals surface area contributed by atoms with Crippen LogP contribution in [0.1, 0.15) is 51.4 Å². The fraction of sp³-hybridized carbons (Fsp3) is 0.600.